The molecule has 0 aliphatic rings. The molecule has 2 N–H and O–H groups in total. The van der Waals surface area contributed by atoms with Crippen LogP contribution in [0.25, 0.3) is 0 Å². The van der Waals surface area contributed by atoms with Crippen LogP contribution in [0.2, 0.25) is 0 Å². The lowest BCUT2D eigenvalue weighted by Crippen LogP contribution is -2.20. The highest BCUT2D eigenvalue weighted by molar-refractivity contribution is 5.37. The van der Waals surface area contributed by atoms with Crippen molar-refractivity contribution >= 4 is 0 Å². The monoisotopic (exact) mass is 249 g/mol. The van der Waals surface area contributed by atoms with E-state index in [1.54, 1.807) is 12.1 Å². The molecule has 0 aliphatic carbocycles. The second-order valence-electron chi connectivity index (χ2n) is 3.48. The van der Waals surface area contributed by atoms with Gasteiger partial charge in [-0.05, 0) is 17.7 Å². The Balaban J connectivity index is 2.78. The number of ether oxygens (including phenoxy) is 2. The van der Waals surface area contributed by atoms with Crippen LogP contribution in [0.4, 0.5) is 13.2 Å². The third kappa shape index (κ3) is 4.62. The van der Waals surface area contributed by atoms with E-state index in [2.05, 4.69) is 4.74 Å². The van der Waals surface area contributed by atoms with Gasteiger partial charge in [-0.25, -0.2) is 0 Å². The van der Waals surface area contributed by atoms with Crippen molar-refractivity contribution in [2.24, 2.45) is 5.73 Å². The summed E-state index contributed by atoms with van der Waals surface area (Å²) >= 11 is 0. The summed E-state index contributed by atoms with van der Waals surface area (Å²) in [4.78, 5) is 0. The summed E-state index contributed by atoms with van der Waals surface area (Å²) in [5, 5.41) is 0. The van der Waals surface area contributed by atoms with Gasteiger partial charge in [0.05, 0.1) is 6.61 Å². The van der Waals surface area contributed by atoms with Crippen molar-refractivity contribution in [1.82, 2.24) is 0 Å². The summed E-state index contributed by atoms with van der Waals surface area (Å²) in [5.74, 6) is 0.157. The molecule has 0 aromatic heterocycles. The Morgan fingerprint density at radius 3 is 2.53 bits per heavy atom. The van der Waals surface area contributed by atoms with Crippen molar-refractivity contribution in [3.05, 3.63) is 29.3 Å². The van der Waals surface area contributed by atoms with Crippen LogP contribution in [-0.2, 0) is 17.9 Å². The van der Waals surface area contributed by atoms with Crippen molar-refractivity contribution < 1.29 is 22.6 Å². The standard InChI is InChI=1S/C11H14F3NO2/c1-16-6-8-2-3-10(9(4-8)5-15)17-7-11(12,13)14/h2-4H,5-7,15H2,1H3. The van der Waals surface area contributed by atoms with Gasteiger partial charge in [0.25, 0.3) is 0 Å². The number of halogens is 3. The Labute approximate surface area is 97.3 Å². The van der Waals surface area contributed by atoms with Crippen LogP contribution >= 0.6 is 0 Å². The zero-order valence-electron chi connectivity index (χ0n) is 9.38. The molecule has 0 aliphatic heterocycles. The molecule has 0 heterocycles. The molecule has 0 bridgehead atoms. The van der Waals surface area contributed by atoms with E-state index in [-0.39, 0.29) is 12.3 Å². The van der Waals surface area contributed by atoms with E-state index in [4.69, 9.17) is 10.5 Å². The summed E-state index contributed by atoms with van der Waals surface area (Å²) in [6.07, 6.45) is -4.35. The fourth-order valence-electron chi connectivity index (χ4n) is 1.35. The van der Waals surface area contributed by atoms with Gasteiger partial charge >= 0.3 is 6.18 Å². The van der Waals surface area contributed by atoms with E-state index in [9.17, 15) is 13.2 Å². The van der Waals surface area contributed by atoms with Crippen molar-refractivity contribution in [2.45, 2.75) is 19.3 Å². The van der Waals surface area contributed by atoms with Crippen LogP contribution in [-0.4, -0.2) is 19.9 Å². The van der Waals surface area contributed by atoms with Crippen LogP contribution in [0, 0.1) is 0 Å². The first-order chi connectivity index (χ1) is 7.96. The zero-order valence-corrected chi connectivity index (χ0v) is 9.38. The van der Waals surface area contributed by atoms with Gasteiger partial charge in [-0.3, -0.25) is 0 Å². The predicted octanol–water partition coefficient (Wildman–Crippen LogP) is 2.23. The number of benzene rings is 1. The average Bonchev–Trinajstić information content (AvgIpc) is 2.26. The van der Waals surface area contributed by atoms with Gasteiger partial charge < -0.3 is 15.2 Å². The van der Waals surface area contributed by atoms with Crippen molar-refractivity contribution in [1.29, 1.82) is 0 Å². The number of rotatable bonds is 5. The van der Waals surface area contributed by atoms with Crippen LogP contribution in [0.1, 0.15) is 11.1 Å². The Morgan fingerprint density at radius 1 is 1.29 bits per heavy atom. The molecule has 0 saturated carbocycles. The van der Waals surface area contributed by atoms with Gasteiger partial charge in [-0.15, -0.1) is 0 Å². The zero-order chi connectivity index (χ0) is 12.9. The van der Waals surface area contributed by atoms with E-state index in [1.807, 2.05) is 0 Å². The van der Waals surface area contributed by atoms with Crippen LogP contribution < -0.4 is 10.5 Å². The highest BCUT2D eigenvalue weighted by atomic mass is 19.4. The normalized spacial score (nSPS) is 11.6. The Hall–Kier alpha value is -1.27. The van der Waals surface area contributed by atoms with Crippen LogP contribution in [0.3, 0.4) is 0 Å². The van der Waals surface area contributed by atoms with Crippen molar-refractivity contribution in [3.8, 4) is 5.75 Å². The van der Waals surface area contributed by atoms with Gasteiger partial charge in [0.15, 0.2) is 6.61 Å². The maximum Gasteiger partial charge on any atom is 0.422 e. The largest absolute Gasteiger partial charge is 0.484 e. The molecule has 0 atom stereocenters. The Kier molecular flexibility index (Phi) is 4.77. The molecule has 6 heteroatoms. The quantitative estimate of drug-likeness (QED) is 0.870. The van der Waals surface area contributed by atoms with E-state index < -0.39 is 12.8 Å². The minimum atomic E-state index is -4.35. The molecule has 17 heavy (non-hydrogen) atoms. The number of alkyl halides is 3. The minimum Gasteiger partial charge on any atom is -0.484 e. The molecule has 1 aromatic rings. The lowest BCUT2D eigenvalue weighted by molar-refractivity contribution is -0.153. The molecule has 1 aromatic carbocycles. The lowest BCUT2D eigenvalue weighted by atomic mass is 10.1. The number of nitrogens with two attached hydrogens (primary N) is 1. The van der Waals surface area contributed by atoms with Crippen molar-refractivity contribution in [3.63, 3.8) is 0 Å². The molecule has 0 fully saturated rings. The fourth-order valence-corrected chi connectivity index (χ4v) is 1.35. The summed E-state index contributed by atoms with van der Waals surface area (Å²) in [6.45, 7) is -0.819. The summed E-state index contributed by atoms with van der Waals surface area (Å²) in [6, 6.07) is 4.80. The summed E-state index contributed by atoms with van der Waals surface area (Å²) in [5.41, 5.74) is 6.82. The van der Waals surface area contributed by atoms with E-state index >= 15 is 0 Å². The van der Waals surface area contributed by atoms with Gasteiger partial charge in [0, 0.05) is 19.2 Å². The van der Waals surface area contributed by atoms with Gasteiger partial charge in [-0.1, -0.05) is 6.07 Å². The summed E-state index contributed by atoms with van der Waals surface area (Å²) < 4.78 is 45.6. The topological polar surface area (TPSA) is 44.5 Å². The molecule has 3 nitrogen and oxygen atoms in total. The van der Waals surface area contributed by atoms with E-state index in [0.29, 0.717) is 12.2 Å². The SMILES string of the molecule is COCc1ccc(OCC(F)(F)F)c(CN)c1. The number of hydrogen-bond acceptors (Lipinski definition) is 3. The molecule has 0 radical (unpaired) electrons. The average molecular weight is 249 g/mol. The highest BCUT2D eigenvalue weighted by Gasteiger charge is 2.28. The molecular formula is C11H14F3NO2. The van der Waals surface area contributed by atoms with Crippen molar-refractivity contribution in [2.75, 3.05) is 13.7 Å². The summed E-state index contributed by atoms with van der Waals surface area (Å²) in [7, 11) is 1.54. The lowest BCUT2D eigenvalue weighted by Gasteiger charge is -2.13. The first-order valence-electron chi connectivity index (χ1n) is 4.96. The van der Waals surface area contributed by atoms with E-state index in [1.165, 1.54) is 13.2 Å². The maximum atomic E-state index is 12.0. The van der Waals surface area contributed by atoms with Gasteiger partial charge in [-0.2, -0.15) is 13.2 Å². The smallest absolute Gasteiger partial charge is 0.422 e. The minimum absolute atomic E-state index is 0.116. The van der Waals surface area contributed by atoms with Gasteiger partial charge in [0.1, 0.15) is 5.75 Å². The number of hydrogen-bond donors (Lipinski definition) is 1. The fraction of sp³-hybridized carbons (Fsp3) is 0.455. The van der Waals surface area contributed by atoms with Gasteiger partial charge in [0.2, 0.25) is 0 Å². The number of methoxy groups -OCH3 is 1. The molecule has 1 rings (SSSR count). The maximum absolute atomic E-state index is 12.0. The second-order valence-corrected chi connectivity index (χ2v) is 3.48. The molecule has 0 saturated heterocycles. The van der Waals surface area contributed by atoms with Crippen LogP contribution in [0.5, 0.6) is 5.75 Å². The van der Waals surface area contributed by atoms with E-state index in [0.717, 1.165) is 5.56 Å². The Morgan fingerprint density at radius 2 is 2.00 bits per heavy atom. The predicted molar refractivity (Wildman–Crippen MR) is 56.6 cm³/mol. The Bertz CT molecular complexity index is 366. The molecule has 0 unspecified atom stereocenters. The highest BCUT2D eigenvalue weighted by Crippen LogP contribution is 2.23. The molecule has 0 spiro atoms. The van der Waals surface area contributed by atoms with Crippen LogP contribution in [0.15, 0.2) is 18.2 Å². The second kappa shape index (κ2) is 5.88. The third-order valence-corrected chi connectivity index (χ3v) is 2.05. The molecular weight excluding hydrogens is 235 g/mol. The first-order valence-corrected chi connectivity index (χ1v) is 4.96. The first kappa shape index (κ1) is 13.8. The molecule has 96 valence electrons. The molecule has 0 amide bonds. The third-order valence-electron chi connectivity index (χ3n) is 2.05.